The highest BCUT2D eigenvalue weighted by atomic mass is 16.7. The molecule has 0 aliphatic carbocycles. The molecule has 0 amide bonds. The predicted molar refractivity (Wildman–Crippen MR) is 39.2 cm³/mol. The van der Waals surface area contributed by atoms with Gasteiger partial charge < -0.3 is 26.4 Å². The molecule has 0 heterocycles. The summed E-state index contributed by atoms with van der Waals surface area (Å²) in [6.45, 7) is 0.793. The maximum absolute atomic E-state index is 9.48. The number of aliphatic hydroxyl groups excluding tert-OH is 1. The fourth-order valence-electron chi connectivity index (χ4n) is 0.146. The average Bonchev–Trinajstić information content (AvgIpc) is 2.01. The van der Waals surface area contributed by atoms with Gasteiger partial charge in [0.1, 0.15) is 6.61 Å². The van der Waals surface area contributed by atoms with Crippen LogP contribution in [-0.4, -0.2) is 42.7 Å². The quantitative estimate of drug-likeness (QED) is 0.382. The number of hydrogen-bond donors (Lipinski definition) is 4. The number of carbonyl (C=O) groups is 1. The van der Waals surface area contributed by atoms with Crippen LogP contribution in [0.4, 0.5) is 4.79 Å². The molecule has 0 saturated carbocycles. The lowest BCUT2D eigenvalue weighted by atomic mass is 10.7. The van der Waals surface area contributed by atoms with Crippen molar-refractivity contribution in [1.29, 1.82) is 0 Å². The Morgan fingerprint density at radius 1 is 1.36 bits per heavy atom. The van der Waals surface area contributed by atoms with Crippen molar-refractivity contribution in [2.45, 2.75) is 0 Å². The predicted octanol–water partition coefficient (Wildman–Crippen LogP) is -1.42. The Morgan fingerprint density at radius 2 is 1.82 bits per heavy atom. The third kappa shape index (κ3) is 27.2. The Hall–Kier alpha value is -0.850. The van der Waals surface area contributed by atoms with Crippen molar-refractivity contribution >= 4 is 6.16 Å². The minimum absolute atomic E-state index is 0.0787. The summed E-state index contributed by atoms with van der Waals surface area (Å²) in [7, 11) is 0. The molecule has 0 aromatic heterocycles. The zero-order valence-electron chi connectivity index (χ0n) is 6.19. The molecule has 6 heteroatoms. The van der Waals surface area contributed by atoms with Crippen LogP contribution in [0.1, 0.15) is 0 Å². The van der Waals surface area contributed by atoms with Gasteiger partial charge in [0.05, 0.1) is 6.61 Å². The Bertz CT molecular complexity index is 86.6. The van der Waals surface area contributed by atoms with E-state index in [1.54, 1.807) is 0 Å². The van der Waals surface area contributed by atoms with E-state index in [1.807, 2.05) is 0 Å². The van der Waals surface area contributed by atoms with Crippen LogP contribution < -0.4 is 11.5 Å². The standard InChI is InChI=1S/C3H7NO3.C2H7NO/c4-1-2-7-3(5)6;3-1-2-4/h1-2,4H2,(H,5,6);4H,1-3H2. The summed E-state index contributed by atoms with van der Waals surface area (Å²) in [5, 5.41) is 15.5. The molecule has 6 N–H and O–H groups in total. The summed E-state index contributed by atoms with van der Waals surface area (Å²) in [5.41, 5.74) is 9.67. The highest BCUT2D eigenvalue weighted by molar-refractivity contribution is 5.56. The van der Waals surface area contributed by atoms with Crippen molar-refractivity contribution < 1.29 is 19.7 Å². The van der Waals surface area contributed by atoms with Crippen LogP contribution in [-0.2, 0) is 4.74 Å². The minimum Gasteiger partial charge on any atom is -0.450 e. The van der Waals surface area contributed by atoms with Crippen molar-refractivity contribution in [2.75, 3.05) is 26.3 Å². The van der Waals surface area contributed by atoms with Gasteiger partial charge in [0.2, 0.25) is 0 Å². The third-order valence-electron chi connectivity index (χ3n) is 0.472. The van der Waals surface area contributed by atoms with Crippen molar-refractivity contribution in [3.05, 3.63) is 0 Å². The first-order valence-corrected chi connectivity index (χ1v) is 3.05. The second-order valence-corrected chi connectivity index (χ2v) is 1.42. The fourth-order valence-corrected chi connectivity index (χ4v) is 0.146. The van der Waals surface area contributed by atoms with Gasteiger partial charge in [-0.1, -0.05) is 0 Å². The van der Waals surface area contributed by atoms with Crippen molar-refractivity contribution in [3.63, 3.8) is 0 Å². The Kier molecular flexibility index (Phi) is 13.8. The Morgan fingerprint density at radius 3 is 1.91 bits per heavy atom. The maximum atomic E-state index is 9.48. The van der Waals surface area contributed by atoms with E-state index in [1.165, 1.54) is 0 Å². The topological polar surface area (TPSA) is 119 Å². The SMILES string of the molecule is NCCO.NCCOC(=O)O. The largest absolute Gasteiger partial charge is 0.505 e. The lowest BCUT2D eigenvalue weighted by molar-refractivity contribution is 0.0944. The third-order valence-corrected chi connectivity index (χ3v) is 0.472. The summed E-state index contributed by atoms with van der Waals surface area (Å²) in [6, 6.07) is 0. The summed E-state index contributed by atoms with van der Waals surface area (Å²) < 4.78 is 3.98. The van der Waals surface area contributed by atoms with Gasteiger partial charge in [-0.2, -0.15) is 0 Å². The van der Waals surface area contributed by atoms with Crippen LogP contribution in [0, 0.1) is 0 Å². The van der Waals surface area contributed by atoms with Crippen LogP contribution >= 0.6 is 0 Å². The normalized spacial score (nSPS) is 7.91. The van der Waals surface area contributed by atoms with Gasteiger partial charge >= 0.3 is 6.16 Å². The van der Waals surface area contributed by atoms with E-state index in [0.717, 1.165) is 0 Å². The van der Waals surface area contributed by atoms with Crippen LogP contribution in [0.15, 0.2) is 0 Å². The first kappa shape index (κ1) is 12.8. The number of aliphatic hydroxyl groups is 1. The molecule has 0 spiro atoms. The maximum Gasteiger partial charge on any atom is 0.505 e. The molecular weight excluding hydrogens is 152 g/mol. The van der Waals surface area contributed by atoms with Crippen molar-refractivity contribution in [2.24, 2.45) is 11.5 Å². The smallest absolute Gasteiger partial charge is 0.450 e. The molecule has 0 fully saturated rings. The summed E-state index contributed by atoms with van der Waals surface area (Å²) >= 11 is 0. The zero-order valence-corrected chi connectivity index (χ0v) is 6.19. The molecular formula is C5H14N2O4. The first-order chi connectivity index (χ1) is 5.18. The number of rotatable bonds is 3. The lowest BCUT2D eigenvalue weighted by Crippen LogP contribution is -2.11. The van der Waals surface area contributed by atoms with E-state index in [9.17, 15) is 4.79 Å². The molecule has 6 nitrogen and oxygen atoms in total. The molecule has 11 heavy (non-hydrogen) atoms. The molecule has 0 aromatic carbocycles. The molecule has 68 valence electrons. The summed E-state index contributed by atoms with van der Waals surface area (Å²) in [6.07, 6.45) is -1.27. The molecule has 0 radical (unpaired) electrons. The van der Waals surface area contributed by atoms with E-state index in [4.69, 9.17) is 21.7 Å². The number of carboxylic acid groups (broad SMARTS) is 1. The van der Waals surface area contributed by atoms with Gasteiger partial charge in [-0.3, -0.25) is 0 Å². The second-order valence-electron chi connectivity index (χ2n) is 1.42. The second kappa shape index (κ2) is 11.9. The fraction of sp³-hybridized carbons (Fsp3) is 0.800. The van der Waals surface area contributed by atoms with Gasteiger partial charge in [0.15, 0.2) is 0 Å². The van der Waals surface area contributed by atoms with Crippen LogP contribution in [0.2, 0.25) is 0 Å². The highest BCUT2D eigenvalue weighted by Gasteiger charge is 1.89. The molecule has 0 saturated heterocycles. The Labute approximate surface area is 64.7 Å². The molecule has 0 rings (SSSR count). The molecule has 0 unspecified atom stereocenters. The average molecular weight is 166 g/mol. The first-order valence-electron chi connectivity index (χ1n) is 3.05. The summed E-state index contributed by atoms with van der Waals surface area (Å²) in [5.74, 6) is 0. The molecule has 0 atom stereocenters. The number of hydrogen-bond acceptors (Lipinski definition) is 5. The van der Waals surface area contributed by atoms with E-state index in [-0.39, 0.29) is 19.8 Å². The van der Waals surface area contributed by atoms with Crippen LogP contribution in [0.25, 0.3) is 0 Å². The Balaban J connectivity index is 0. The van der Waals surface area contributed by atoms with Crippen LogP contribution in [0.3, 0.4) is 0 Å². The lowest BCUT2D eigenvalue weighted by Gasteiger charge is -1.92. The number of nitrogens with two attached hydrogens (primary N) is 2. The molecule has 0 bridgehead atoms. The zero-order chi connectivity index (χ0) is 9.11. The van der Waals surface area contributed by atoms with Gasteiger partial charge in [-0.25, -0.2) is 4.79 Å². The van der Waals surface area contributed by atoms with E-state index >= 15 is 0 Å². The molecule has 0 aliphatic rings. The number of ether oxygens (including phenoxy) is 1. The van der Waals surface area contributed by atoms with Gasteiger partial charge in [-0.15, -0.1) is 0 Å². The van der Waals surface area contributed by atoms with E-state index < -0.39 is 6.16 Å². The monoisotopic (exact) mass is 166 g/mol. The van der Waals surface area contributed by atoms with Crippen molar-refractivity contribution in [3.8, 4) is 0 Å². The van der Waals surface area contributed by atoms with Gasteiger partial charge in [-0.05, 0) is 0 Å². The minimum atomic E-state index is -1.27. The van der Waals surface area contributed by atoms with E-state index in [0.29, 0.717) is 6.54 Å². The molecule has 0 aliphatic heterocycles. The van der Waals surface area contributed by atoms with Gasteiger partial charge in [0, 0.05) is 13.1 Å². The van der Waals surface area contributed by atoms with Crippen molar-refractivity contribution in [1.82, 2.24) is 0 Å². The van der Waals surface area contributed by atoms with E-state index in [2.05, 4.69) is 4.74 Å². The van der Waals surface area contributed by atoms with Crippen LogP contribution in [0.5, 0.6) is 0 Å². The molecule has 0 aromatic rings. The highest BCUT2D eigenvalue weighted by Crippen LogP contribution is 1.69. The summed E-state index contributed by atoms with van der Waals surface area (Å²) in [4.78, 5) is 9.48. The van der Waals surface area contributed by atoms with Gasteiger partial charge in [0.25, 0.3) is 0 Å².